The number of carbonyl (C=O) groups is 1. The van der Waals surface area contributed by atoms with E-state index in [1.54, 1.807) is 0 Å². The molecule has 0 saturated carbocycles. The Morgan fingerprint density at radius 2 is 2.38 bits per heavy atom. The third-order valence-electron chi connectivity index (χ3n) is 1.24. The molecule has 0 unspecified atom stereocenters. The van der Waals surface area contributed by atoms with Crippen molar-refractivity contribution in [3.63, 3.8) is 0 Å². The fourth-order valence-corrected chi connectivity index (χ4v) is 0.713. The van der Waals surface area contributed by atoms with Gasteiger partial charge >= 0.3 is 12.5 Å². The minimum absolute atomic E-state index is 0.322. The molecule has 1 N–H and O–H groups in total. The van der Waals surface area contributed by atoms with Crippen molar-refractivity contribution in [2.75, 3.05) is 0 Å². The van der Waals surface area contributed by atoms with E-state index in [0.29, 0.717) is 10.2 Å². The van der Waals surface area contributed by atoms with Crippen LogP contribution in [0.1, 0.15) is 12.1 Å². The minimum atomic E-state index is -2.70. The molecule has 0 aliphatic heterocycles. The number of alkyl halides is 2. The fourth-order valence-electron chi connectivity index (χ4n) is 0.713. The second-order valence-corrected chi connectivity index (χ2v) is 2.20. The number of carboxylic acids is 1. The number of hydrogen-bond donors (Lipinski definition) is 1. The third kappa shape index (κ3) is 2.66. The van der Waals surface area contributed by atoms with Crippen LogP contribution < -0.4 is 0 Å². The van der Waals surface area contributed by atoms with Crippen molar-refractivity contribution in [3.05, 3.63) is 24.0 Å². The summed E-state index contributed by atoms with van der Waals surface area (Å²) in [6.45, 7) is -2.70. The van der Waals surface area contributed by atoms with Crippen molar-refractivity contribution in [3.8, 4) is 0 Å². The lowest BCUT2D eigenvalue weighted by Crippen LogP contribution is -1.96. The summed E-state index contributed by atoms with van der Waals surface area (Å²) < 4.78 is 24.3. The zero-order chi connectivity index (χ0) is 9.84. The van der Waals surface area contributed by atoms with Gasteiger partial charge in [0.25, 0.3) is 0 Å². The zero-order valence-corrected chi connectivity index (χ0v) is 6.39. The Balaban J connectivity index is 2.75. The first-order valence-corrected chi connectivity index (χ1v) is 3.33. The second kappa shape index (κ2) is 3.79. The summed E-state index contributed by atoms with van der Waals surface area (Å²) in [6.07, 6.45) is 4.26. The second-order valence-electron chi connectivity index (χ2n) is 2.20. The molecule has 0 amide bonds. The molecule has 0 aliphatic carbocycles. The summed E-state index contributed by atoms with van der Waals surface area (Å²) in [7, 11) is 0. The molecular formula is C7H6F2N2O2. The van der Waals surface area contributed by atoms with Gasteiger partial charge in [-0.1, -0.05) is 0 Å². The predicted octanol–water partition coefficient (Wildman–Crippen LogP) is 1.38. The van der Waals surface area contributed by atoms with Crippen LogP contribution in [0.15, 0.2) is 18.5 Å². The molecule has 1 aromatic rings. The van der Waals surface area contributed by atoms with Gasteiger partial charge in [0.05, 0.1) is 6.20 Å². The van der Waals surface area contributed by atoms with Crippen LogP contribution in [0.2, 0.25) is 0 Å². The van der Waals surface area contributed by atoms with Gasteiger partial charge in [-0.05, 0) is 6.08 Å². The van der Waals surface area contributed by atoms with Gasteiger partial charge in [-0.25, -0.2) is 9.48 Å². The van der Waals surface area contributed by atoms with Gasteiger partial charge in [0, 0.05) is 17.8 Å². The average Bonchev–Trinajstić information content (AvgIpc) is 2.48. The Hall–Kier alpha value is -1.72. The highest BCUT2D eigenvalue weighted by Crippen LogP contribution is 2.10. The topological polar surface area (TPSA) is 55.1 Å². The lowest BCUT2D eigenvalue weighted by molar-refractivity contribution is -0.131. The Kier molecular flexibility index (Phi) is 2.73. The maximum absolute atomic E-state index is 11.9. The van der Waals surface area contributed by atoms with E-state index in [1.165, 1.54) is 6.08 Å². The standard InChI is InChI=1S/C7H6F2N2O2/c8-7(9)11-4-5(3-10-11)1-2-6(12)13/h1-4,7H,(H,12,13). The molecular weight excluding hydrogens is 182 g/mol. The zero-order valence-electron chi connectivity index (χ0n) is 6.39. The molecule has 0 aromatic carbocycles. The van der Waals surface area contributed by atoms with Crippen molar-refractivity contribution in [1.82, 2.24) is 9.78 Å². The minimum Gasteiger partial charge on any atom is -0.478 e. The molecule has 70 valence electrons. The number of nitrogens with zero attached hydrogens (tertiary/aromatic N) is 2. The number of carboxylic acid groups (broad SMARTS) is 1. The maximum Gasteiger partial charge on any atom is 0.333 e. The van der Waals surface area contributed by atoms with Crippen molar-refractivity contribution >= 4 is 12.0 Å². The van der Waals surface area contributed by atoms with E-state index in [2.05, 4.69) is 5.10 Å². The van der Waals surface area contributed by atoms with Crippen LogP contribution in [-0.2, 0) is 4.79 Å². The molecule has 0 fully saturated rings. The van der Waals surface area contributed by atoms with E-state index in [1.807, 2.05) is 0 Å². The monoisotopic (exact) mass is 188 g/mol. The van der Waals surface area contributed by atoms with Crippen LogP contribution in [0.5, 0.6) is 0 Å². The SMILES string of the molecule is O=C(O)C=Cc1cnn(C(F)F)c1. The lowest BCUT2D eigenvalue weighted by Gasteiger charge is -1.94. The van der Waals surface area contributed by atoms with Crippen molar-refractivity contribution in [1.29, 1.82) is 0 Å². The summed E-state index contributed by atoms with van der Waals surface area (Å²) in [5, 5.41) is 11.5. The Morgan fingerprint density at radius 1 is 1.69 bits per heavy atom. The van der Waals surface area contributed by atoms with Crippen LogP contribution in [-0.4, -0.2) is 20.9 Å². The van der Waals surface area contributed by atoms with E-state index in [0.717, 1.165) is 18.5 Å². The molecule has 0 aliphatic rings. The van der Waals surface area contributed by atoms with E-state index < -0.39 is 12.5 Å². The summed E-state index contributed by atoms with van der Waals surface area (Å²) in [6, 6.07) is 0. The molecule has 1 heterocycles. The van der Waals surface area contributed by atoms with Crippen molar-refractivity contribution in [2.45, 2.75) is 6.55 Å². The molecule has 1 rings (SSSR count). The molecule has 4 nitrogen and oxygen atoms in total. The molecule has 0 spiro atoms. The van der Waals surface area contributed by atoms with Gasteiger partial charge in [-0.2, -0.15) is 13.9 Å². The van der Waals surface area contributed by atoms with Gasteiger partial charge in [0.15, 0.2) is 0 Å². The quantitative estimate of drug-likeness (QED) is 0.729. The Bertz CT molecular complexity index is 333. The highest BCUT2D eigenvalue weighted by molar-refractivity contribution is 5.85. The maximum atomic E-state index is 11.9. The molecule has 0 saturated heterocycles. The number of aromatic nitrogens is 2. The van der Waals surface area contributed by atoms with Gasteiger partial charge < -0.3 is 5.11 Å². The van der Waals surface area contributed by atoms with Crippen LogP contribution in [0, 0.1) is 0 Å². The molecule has 1 aromatic heterocycles. The number of rotatable bonds is 3. The fraction of sp³-hybridized carbons (Fsp3) is 0.143. The van der Waals surface area contributed by atoms with Crippen molar-refractivity contribution < 1.29 is 18.7 Å². The predicted molar refractivity (Wildman–Crippen MR) is 40.1 cm³/mol. The first-order chi connectivity index (χ1) is 6.09. The molecule has 0 atom stereocenters. The van der Waals surface area contributed by atoms with Crippen LogP contribution in [0.25, 0.3) is 6.08 Å². The average molecular weight is 188 g/mol. The van der Waals surface area contributed by atoms with E-state index in [-0.39, 0.29) is 0 Å². The van der Waals surface area contributed by atoms with E-state index in [9.17, 15) is 13.6 Å². The van der Waals surface area contributed by atoms with Gasteiger partial charge in [-0.3, -0.25) is 0 Å². The number of aliphatic carboxylic acids is 1. The summed E-state index contributed by atoms with van der Waals surface area (Å²) >= 11 is 0. The largest absolute Gasteiger partial charge is 0.478 e. The van der Waals surface area contributed by atoms with E-state index >= 15 is 0 Å². The first-order valence-electron chi connectivity index (χ1n) is 3.33. The Morgan fingerprint density at radius 3 is 2.85 bits per heavy atom. The highest BCUT2D eigenvalue weighted by Gasteiger charge is 2.05. The molecule has 0 bridgehead atoms. The third-order valence-corrected chi connectivity index (χ3v) is 1.24. The summed E-state index contributed by atoms with van der Waals surface area (Å²) in [4.78, 5) is 10.1. The van der Waals surface area contributed by atoms with E-state index in [4.69, 9.17) is 5.11 Å². The van der Waals surface area contributed by atoms with Crippen LogP contribution >= 0.6 is 0 Å². The molecule has 0 radical (unpaired) electrons. The first kappa shape index (κ1) is 9.37. The van der Waals surface area contributed by atoms with Crippen LogP contribution in [0.4, 0.5) is 8.78 Å². The lowest BCUT2D eigenvalue weighted by atomic mass is 10.3. The van der Waals surface area contributed by atoms with Gasteiger partial charge in [0.1, 0.15) is 0 Å². The Labute approximate surface area is 72.1 Å². The molecule has 13 heavy (non-hydrogen) atoms. The number of hydrogen-bond acceptors (Lipinski definition) is 2. The number of halogens is 2. The smallest absolute Gasteiger partial charge is 0.333 e. The molecule has 6 heteroatoms. The van der Waals surface area contributed by atoms with Crippen LogP contribution in [0.3, 0.4) is 0 Å². The summed E-state index contributed by atoms with van der Waals surface area (Å²) in [5.41, 5.74) is 0.322. The highest BCUT2D eigenvalue weighted by atomic mass is 19.3. The van der Waals surface area contributed by atoms with Gasteiger partial charge in [-0.15, -0.1) is 0 Å². The van der Waals surface area contributed by atoms with Gasteiger partial charge in [0.2, 0.25) is 0 Å². The normalized spacial score (nSPS) is 11.3. The van der Waals surface area contributed by atoms with Crippen molar-refractivity contribution in [2.24, 2.45) is 0 Å². The summed E-state index contributed by atoms with van der Waals surface area (Å²) in [5.74, 6) is -1.13.